The summed E-state index contributed by atoms with van der Waals surface area (Å²) in [6.45, 7) is 7.18. The smallest absolute Gasteiger partial charge is 0.321 e. The Morgan fingerprint density at radius 1 is 1.00 bits per heavy atom. The van der Waals surface area contributed by atoms with E-state index in [1.54, 1.807) is 14.2 Å². The third kappa shape index (κ3) is 6.09. The highest BCUT2D eigenvalue weighted by molar-refractivity contribution is 5.94. The zero-order chi connectivity index (χ0) is 21.5. The van der Waals surface area contributed by atoms with Gasteiger partial charge < -0.3 is 24.6 Å². The lowest BCUT2D eigenvalue weighted by atomic mass is 10.1. The van der Waals surface area contributed by atoms with E-state index in [0.717, 1.165) is 69.9 Å². The Kier molecular flexibility index (Phi) is 7.93. The van der Waals surface area contributed by atoms with Crippen molar-refractivity contribution in [2.24, 2.45) is 0 Å². The molecule has 8 nitrogen and oxygen atoms in total. The zero-order valence-electron chi connectivity index (χ0n) is 18.4. The maximum Gasteiger partial charge on any atom is 0.321 e. The zero-order valence-corrected chi connectivity index (χ0v) is 18.4. The number of imide groups is 1. The molecule has 0 spiro atoms. The fourth-order valence-corrected chi connectivity index (χ4v) is 4.48. The van der Waals surface area contributed by atoms with Crippen molar-refractivity contribution in [3.8, 4) is 11.5 Å². The predicted octanol–water partition coefficient (Wildman–Crippen LogP) is -0.936. The number of methoxy groups -OCH3 is 2. The SMILES string of the molecule is COc1cc(C)c(C[NH+]2CC[NH+](CC(=O)NC(=O)NC3CCCC3)CC2)cc1OC. The van der Waals surface area contributed by atoms with Crippen molar-refractivity contribution in [2.45, 2.75) is 45.2 Å². The number of nitrogens with one attached hydrogen (secondary N) is 4. The summed E-state index contributed by atoms with van der Waals surface area (Å²) in [6.07, 6.45) is 4.32. The highest BCUT2D eigenvalue weighted by atomic mass is 16.5. The second-order valence-corrected chi connectivity index (χ2v) is 8.49. The van der Waals surface area contributed by atoms with Crippen LogP contribution in [0.15, 0.2) is 12.1 Å². The minimum Gasteiger partial charge on any atom is -0.493 e. The number of hydrogen-bond acceptors (Lipinski definition) is 4. The molecule has 2 fully saturated rings. The average molecular weight is 421 g/mol. The van der Waals surface area contributed by atoms with E-state index in [1.165, 1.54) is 20.9 Å². The Labute approximate surface area is 178 Å². The number of hydrogen-bond donors (Lipinski definition) is 4. The molecule has 30 heavy (non-hydrogen) atoms. The number of carbonyl (C=O) groups is 2. The third-order valence-corrected chi connectivity index (χ3v) is 6.30. The second-order valence-electron chi connectivity index (χ2n) is 8.49. The van der Waals surface area contributed by atoms with E-state index in [-0.39, 0.29) is 18.0 Å². The van der Waals surface area contributed by atoms with Crippen molar-refractivity contribution in [1.82, 2.24) is 10.6 Å². The number of ether oxygens (including phenoxy) is 2. The van der Waals surface area contributed by atoms with Crippen LogP contribution in [0.2, 0.25) is 0 Å². The van der Waals surface area contributed by atoms with Crippen LogP contribution in [-0.4, -0.2) is 64.9 Å². The van der Waals surface area contributed by atoms with E-state index in [2.05, 4.69) is 23.6 Å². The van der Waals surface area contributed by atoms with Gasteiger partial charge in [0.15, 0.2) is 18.0 Å². The molecule has 0 atom stereocenters. The first-order valence-electron chi connectivity index (χ1n) is 11.0. The lowest BCUT2D eigenvalue weighted by Crippen LogP contribution is -3.28. The molecule has 8 heteroatoms. The third-order valence-electron chi connectivity index (χ3n) is 6.30. The van der Waals surface area contributed by atoms with Gasteiger partial charge in [0, 0.05) is 11.6 Å². The molecule has 1 saturated carbocycles. The molecule has 1 heterocycles. The minimum absolute atomic E-state index is 0.195. The lowest BCUT2D eigenvalue weighted by molar-refractivity contribution is -1.02. The normalized spacial score (nSPS) is 21.8. The second kappa shape index (κ2) is 10.6. The van der Waals surface area contributed by atoms with Crippen LogP contribution in [0.5, 0.6) is 11.5 Å². The Morgan fingerprint density at radius 3 is 2.23 bits per heavy atom. The lowest BCUT2D eigenvalue weighted by Gasteiger charge is -2.29. The summed E-state index contributed by atoms with van der Waals surface area (Å²) < 4.78 is 10.8. The molecule has 1 aromatic rings. The fraction of sp³-hybridized carbons (Fsp3) is 0.636. The number of quaternary nitrogens is 2. The molecule has 3 amide bonds. The van der Waals surface area contributed by atoms with Crippen LogP contribution in [-0.2, 0) is 11.3 Å². The Morgan fingerprint density at radius 2 is 1.60 bits per heavy atom. The van der Waals surface area contributed by atoms with Gasteiger partial charge in [-0.25, -0.2) is 4.79 Å². The molecule has 1 aliphatic heterocycles. The summed E-state index contributed by atoms with van der Waals surface area (Å²) in [6, 6.07) is 3.96. The molecule has 166 valence electrons. The van der Waals surface area contributed by atoms with Gasteiger partial charge in [-0.3, -0.25) is 10.1 Å². The molecule has 0 aromatic heterocycles. The van der Waals surface area contributed by atoms with Gasteiger partial charge in [0.25, 0.3) is 5.91 Å². The Balaban J connectivity index is 1.42. The highest BCUT2D eigenvalue weighted by Gasteiger charge is 2.26. The fourth-order valence-electron chi connectivity index (χ4n) is 4.48. The van der Waals surface area contributed by atoms with Gasteiger partial charge in [-0.05, 0) is 37.5 Å². The van der Waals surface area contributed by atoms with Crippen LogP contribution in [0.25, 0.3) is 0 Å². The van der Waals surface area contributed by atoms with Crippen LogP contribution in [0.3, 0.4) is 0 Å². The number of aryl methyl sites for hydroxylation is 1. The van der Waals surface area contributed by atoms with Gasteiger partial charge in [0.1, 0.15) is 32.7 Å². The number of rotatable bonds is 7. The van der Waals surface area contributed by atoms with E-state index < -0.39 is 0 Å². The van der Waals surface area contributed by atoms with Crippen LogP contribution < -0.4 is 29.9 Å². The molecule has 1 aliphatic carbocycles. The van der Waals surface area contributed by atoms with Gasteiger partial charge in [-0.2, -0.15) is 0 Å². The van der Waals surface area contributed by atoms with Crippen molar-refractivity contribution in [2.75, 3.05) is 46.9 Å². The maximum atomic E-state index is 12.2. The van der Waals surface area contributed by atoms with Gasteiger partial charge in [0.05, 0.1) is 14.2 Å². The Bertz CT molecular complexity index is 741. The number of piperazine rings is 1. The molecule has 0 radical (unpaired) electrons. The van der Waals surface area contributed by atoms with Crippen molar-refractivity contribution in [3.63, 3.8) is 0 Å². The first-order valence-corrected chi connectivity index (χ1v) is 11.0. The topological polar surface area (TPSA) is 85.5 Å². The average Bonchev–Trinajstić information content (AvgIpc) is 3.23. The van der Waals surface area contributed by atoms with Crippen LogP contribution in [0.1, 0.15) is 36.8 Å². The van der Waals surface area contributed by atoms with E-state index in [0.29, 0.717) is 6.54 Å². The number of urea groups is 1. The van der Waals surface area contributed by atoms with Gasteiger partial charge in [-0.1, -0.05) is 12.8 Å². The molecule has 4 N–H and O–H groups in total. The number of amides is 3. The van der Waals surface area contributed by atoms with Gasteiger partial charge in [0.2, 0.25) is 0 Å². The molecular formula is C22H36N4O4+2. The maximum absolute atomic E-state index is 12.2. The summed E-state index contributed by atoms with van der Waals surface area (Å²) in [4.78, 5) is 26.9. The van der Waals surface area contributed by atoms with Crippen LogP contribution in [0, 0.1) is 6.92 Å². The molecule has 1 aromatic carbocycles. The first kappa shape index (κ1) is 22.4. The van der Waals surface area contributed by atoms with Crippen molar-refractivity contribution < 1.29 is 28.9 Å². The summed E-state index contributed by atoms with van der Waals surface area (Å²) in [5.41, 5.74) is 2.45. The van der Waals surface area contributed by atoms with Crippen LogP contribution >= 0.6 is 0 Å². The summed E-state index contributed by atoms with van der Waals surface area (Å²) in [5, 5.41) is 5.39. The van der Waals surface area contributed by atoms with E-state index in [1.807, 2.05) is 6.07 Å². The molecule has 0 bridgehead atoms. The predicted molar refractivity (Wildman–Crippen MR) is 113 cm³/mol. The molecule has 0 unspecified atom stereocenters. The van der Waals surface area contributed by atoms with Gasteiger partial charge >= 0.3 is 6.03 Å². The van der Waals surface area contributed by atoms with E-state index >= 15 is 0 Å². The summed E-state index contributed by atoms with van der Waals surface area (Å²) in [5.74, 6) is 1.32. The summed E-state index contributed by atoms with van der Waals surface area (Å²) in [7, 11) is 3.31. The van der Waals surface area contributed by atoms with Crippen LogP contribution in [0.4, 0.5) is 4.79 Å². The van der Waals surface area contributed by atoms with Gasteiger partial charge in [-0.15, -0.1) is 0 Å². The Hall–Kier alpha value is -2.32. The number of carbonyl (C=O) groups excluding carboxylic acids is 2. The van der Waals surface area contributed by atoms with E-state index in [9.17, 15) is 9.59 Å². The molecule has 3 rings (SSSR count). The molecule has 1 saturated heterocycles. The quantitative estimate of drug-likeness (QED) is 0.459. The van der Waals surface area contributed by atoms with Crippen molar-refractivity contribution in [1.29, 1.82) is 0 Å². The summed E-state index contributed by atoms with van der Waals surface area (Å²) >= 11 is 0. The van der Waals surface area contributed by atoms with E-state index in [4.69, 9.17) is 9.47 Å². The standard InChI is InChI=1S/C22H34N4O4/c1-16-12-19(29-2)20(30-3)13-17(16)14-25-8-10-26(11-9-25)15-21(27)24-22(28)23-18-6-4-5-7-18/h12-13,18H,4-11,14-15H2,1-3H3,(H2,23,24,27,28)/p+2. The largest absolute Gasteiger partial charge is 0.493 e. The number of benzene rings is 1. The monoisotopic (exact) mass is 420 g/mol. The minimum atomic E-state index is -0.348. The highest BCUT2D eigenvalue weighted by Crippen LogP contribution is 2.29. The first-order chi connectivity index (χ1) is 14.5. The van der Waals surface area contributed by atoms with Crippen molar-refractivity contribution in [3.05, 3.63) is 23.3 Å². The van der Waals surface area contributed by atoms with Crippen molar-refractivity contribution >= 4 is 11.9 Å². The molecular weight excluding hydrogens is 384 g/mol. The molecule has 2 aliphatic rings.